The smallest absolute Gasteiger partial charge is 0.185 e. The molecule has 0 unspecified atom stereocenters. The minimum Gasteiger partial charge on any atom is -0.289 e. The van der Waals surface area contributed by atoms with Crippen molar-refractivity contribution in [3.05, 3.63) is 65.7 Å². The van der Waals surface area contributed by atoms with Gasteiger partial charge in [-0.05, 0) is 29.8 Å². The average molecular weight is 249 g/mol. The van der Waals surface area contributed by atoms with Crippen LogP contribution < -0.4 is 0 Å². The number of H-pyrrole nitrogens is 1. The van der Waals surface area contributed by atoms with Crippen LogP contribution in [-0.4, -0.2) is 21.2 Å². The van der Waals surface area contributed by atoms with E-state index in [1.807, 2.05) is 30.3 Å². The molecule has 19 heavy (non-hydrogen) atoms. The first-order chi connectivity index (χ1) is 9.33. The van der Waals surface area contributed by atoms with Crippen molar-refractivity contribution in [1.29, 1.82) is 0 Å². The molecule has 0 saturated heterocycles. The number of hydrogen-bond acceptors (Lipinski definition) is 3. The molecule has 0 radical (unpaired) electrons. The number of ketones is 1. The first-order valence-corrected chi connectivity index (χ1v) is 5.91. The Labute approximate surface area is 109 Å². The summed E-state index contributed by atoms with van der Waals surface area (Å²) >= 11 is 0. The van der Waals surface area contributed by atoms with Gasteiger partial charge in [0.05, 0.1) is 0 Å². The zero-order chi connectivity index (χ0) is 13.1. The van der Waals surface area contributed by atoms with Gasteiger partial charge >= 0.3 is 0 Å². The summed E-state index contributed by atoms with van der Waals surface area (Å²) in [6.07, 6.45) is 3.37. The maximum Gasteiger partial charge on any atom is 0.185 e. The molecule has 3 aromatic rings. The molecule has 4 heteroatoms. The van der Waals surface area contributed by atoms with E-state index in [0.717, 1.165) is 11.1 Å². The van der Waals surface area contributed by atoms with E-state index in [9.17, 15) is 4.79 Å². The van der Waals surface area contributed by atoms with Crippen LogP contribution in [0, 0.1) is 0 Å². The summed E-state index contributed by atoms with van der Waals surface area (Å²) in [6, 6.07) is 15.0. The van der Waals surface area contributed by atoms with Gasteiger partial charge in [-0.2, -0.15) is 15.4 Å². The number of fused-ring (bicyclic) bond motifs is 1. The summed E-state index contributed by atoms with van der Waals surface area (Å²) in [5.74, 6) is -0.0475. The fourth-order valence-corrected chi connectivity index (χ4v) is 1.83. The van der Waals surface area contributed by atoms with Gasteiger partial charge in [0.1, 0.15) is 11.0 Å². The standard InChI is InChI=1S/C15H11N3O/c19-15(9-6-11-4-2-1-3-5-11)12-7-8-13-14(10-12)17-18-16-13/h1-10H,(H,16,17,18)/b9-6+. The topological polar surface area (TPSA) is 58.6 Å². The molecule has 3 rings (SSSR count). The molecular weight excluding hydrogens is 238 g/mol. The second-order valence-electron chi connectivity index (χ2n) is 4.14. The van der Waals surface area contributed by atoms with E-state index < -0.39 is 0 Å². The lowest BCUT2D eigenvalue weighted by Gasteiger charge is -1.95. The monoisotopic (exact) mass is 249 g/mol. The molecule has 0 spiro atoms. The van der Waals surface area contributed by atoms with Crippen LogP contribution in [0.5, 0.6) is 0 Å². The van der Waals surface area contributed by atoms with Crippen molar-refractivity contribution in [2.45, 2.75) is 0 Å². The molecule has 0 aliphatic rings. The van der Waals surface area contributed by atoms with Crippen molar-refractivity contribution in [2.75, 3.05) is 0 Å². The van der Waals surface area contributed by atoms with E-state index in [0.29, 0.717) is 11.1 Å². The van der Waals surface area contributed by atoms with Crippen LogP contribution in [0.25, 0.3) is 17.1 Å². The van der Waals surface area contributed by atoms with Crippen LogP contribution >= 0.6 is 0 Å². The van der Waals surface area contributed by atoms with E-state index in [2.05, 4.69) is 15.4 Å². The Morgan fingerprint density at radius 3 is 2.63 bits per heavy atom. The van der Waals surface area contributed by atoms with Gasteiger partial charge in [0, 0.05) is 5.56 Å². The predicted octanol–water partition coefficient (Wildman–Crippen LogP) is 2.85. The Morgan fingerprint density at radius 1 is 1.00 bits per heavy atom. The summed E-state index contributed by atoms with van der Waals surface area (Å²) in [6.45, 7) is 0. The summed E-state index contributed by atoms with van der Waals surface area (Å²) in [4.78, 5) is 12.0. The Balaban J connectivity index is 1.85. The van der Waals surface area contributed by atoms with Gasteiger partial charge in [-0.1, -0.05) is 36.4 Å². The SMILES string of the molecule is O=C(/C=C/c1ccccc1)c1ccc2n[nH]nc2c1. The van der Waals surface area contributed by atoms with E-state index in [4.69, 9.17) is 0 Å². The molecule has 0 aliphatic carbocycles. The molecule has 92 valence electrons. The predicted molar refractivity (Wildman–Crippen MR) is 73.7 cm³/mol. The van der Waals surface area contributed by atoms with E-state index in [1.54, 1.807) is 30.4 Å². The van der Waals surface area contributed by atoms with Gasteiger partial charge in [-0.3, -0.25) is 4.79 Å². The van der Waals surface area contributed by atoms with Gasteiger partial charge in [0.2, 0.25) is 0 Å². The van der Waals surface area contributed by atoms with Crippen LogP contribution in [0.4, 0.5) is 0 Å². The number of benzene rings is 2. The van der Waals surface area contributed by atoms with Crippen molar-refractivity contribution >= 4 is 22.9 Å². The van der Waals surface area contributed by atoms with E-state index in [1.165, 1.54) is 0 Å². The van der Waals surface area contributed by atoms with Crippen molar-refractivity contribution in [3.8, 4) is 0 Å². The van der Waals surface area contributed by atoms with Gasteiger partial charge in [-0.15, -0.1) is 0 Å². The lowest BCUT2D eigenvalue weighted by atomic mass is 10.1. The summed E-state index contributed by atoms with van der Waals surface area (Å²) < 4.78 is 0. The van der Waals surface area contributed by atoms with Gasteiger partial charge in [0.15, 0.2) is 5.78 Å². The lowest BCUT2D eigenvalue weighted by Crippen LogP contribution is -1.93. The Morgan fingerprint density at radius 2 is 1.79 bits per heavy atom. The van der Waals surface area contributed by atoms with Crippen LogP contribution in [0.15, 0.2) is 54.6 Å². The molecule has 0 fully saturated rings. The highest BCUT2D eigenvalue weighted by atomic mass is 16.1. The molecule has 1 aromatic heterocycles. The third-order valence-electron chi connectivity index (χ3n) is 2.83. The van der Waals surface area contributed by atoms with Crippen LogP contribution in [0.3, 0.4) is 0 Å². The third-order valence-corrected chi connectivity index (χ3v) is 2.83. The molecule has 1 heterocycles. The van der Waals surface area contributed by atoms with E-state index >= 15 is 0 Å². The minimum atomic E-state index is -0.0475. The normalized spacial score (nSPS) is 11.2. The quantitative estimate of drug-likeness (QED) is 0.573. The number of hydrogen-bond donors (Lipinski definition) is 1. The molecule has 0 amide bonds. The summed E-state index contributed by atoms with van der Waals surface area (Å²) in [5, 5.41) is 10.4. The number of aromatic amines is 1. The Kier molecular flexibility index (Phi) is 2.90. The highest BCUT2D eigenvalue weighted by molar-refractivity contribution is 6.08. The number of rotatable bonds is 3. The number of allylic oxidation sites excluding steroid dienone is 1. The maximum atomic E-state index is 12.0. The molecular formula is C15H11N3O. The Bertz CT molecular complexity index is 744. The van der Waals surface area contributed by atoms with E-state index in [-0.39, 0.29) is 5.78 Å². The number of nitrogens with zero attached hydrogens (tertiary/aromatic N) is 2. The summed E-state index contributed by atoms with van der Waals surface area (Å²) in [5.41, 5.74) is 3.05. The fraction of sp³-hybridized carbons (Fsp3) is 0. The van der Waals surface area contributed by atoms with Gasteiger partial charge in [0.25, 0.3) is 0 Å². The zero-order valence-electron chi connectivity index (χ0n) is 10.1. The van der Waals surface area contributed by atoms with Crippen LogP contribution in [0.2, 0.25) is 0 Å². The lowest BCUT2D eigenvalue weighted by molar-refractivity contribution is 0.104. The molecule has 0 saturated carbocycles. The number of carbonyl (C=O) groups excluding carboxylic acids is 1. The zero-order valence-corrected chi connectivity index (χ0v) is 10.1. The number of aromatic nitrogens is 3. The fourth-order valence-electron chi connectivity index (χ4n) is 1.83. The third kappa shape index (κ3) is 2.42. The first kappa shape index (κ1) is 11.3. The molecule has 2 aromatic carbocycles. The largest absolute Gasteiger partial charge is 0.289 e. The molecule has 0 atom stereocenters. The van der Waals surface area contributed by atoms with Crippen LogP contribution in [-0.2, 0) is 0 Å². The number of carbonyl (C=O) groups is 1. The number of nitrogens with one attached hydrogen (secondary N) is 1. The summed E-state index contributed by atoms with van der Waals surface area (Å²) in [7, 11) is 0. The molecule has 0 aliphatic heterocycles. The average Bonchev–Trinajstić information content (AvgIpc) is 2.93. The first-order valence-electron chi connectivity index (χ1n) is 5.91. The maximum absolute atomic E-state index is 12.0. The minimum absolute atomic E-state index is 0.0475. The van der Waals surface area contributed by atoms with Gasteiger partial charge < -0.3 is 0 Å². The highest BCUT2D eigenvalue weighted by Gasteiger charge is 2.05. The molecule has 4 nitrogen and oxygen atoms in total. The van der Waals surface area contributed by atoms with Gasteiger partial charge in [-0.25, -0.2) is 0 Å². The van der Waals surface area contributed by atoms with Crippen molar-refractivity contribution in [3.63, 3.8) is 0 Å². The van der Waals surface area contributed by atoms with Crippen molar-refractivity contribution in [2.24, 2.45) is 0 Å². The molecule has 0 bridgehead atoms. The van der Waals surface area contributed by atoms with Crippen LogP contribution in [0.1, 0.15) is 15.9 Å². The highest BCUT2D eigenvalue weighted by Crippen LogP contribution is 2.12. The second-order valence-corrected chi connectivity index (χ2v) is 4.14. The van der Waals surface area contributed by atoms with Crippen molar-refractivity contribution in [1.82, 2.24) is 15.4 Å². The van der Waals surface area contributed by atoms with Crippen molar-refractivity contribution < 1.29 is 4.79 Å². The second kappa shape index (κ2) is 4.86. The molecule has 1 N–H and O–H groups in total. The Hall–Kier alpha value is -2.75.